The van der Waals surface area contributed by atoms with Gasteiger partial charge in [-0.1, -0.05) is 12.5 Å². The number of amides is 1. The fourth-order valence-electron chi connectivity index (χ4n) is 4.39. The summed E-state index contributed by atoms with van der Waals surface area (Å²) in [6.45, 7) is 8.76. The molecule has 1 amide bonds. The van der Waals surface area contributed by atoms with Crippen molar-refractivity contribution in [3.63, 3.8) is 0 Å². The number of carbonyl (C=O) groups is 1. The van der Waals surface area contributed by atoms with E-state index < -0.39 is 0 Å². The van der Waals surface area contributed by atoms with E-state index in [4.69, 9.17) is 4.74 Å². The molecule has 144 valence electrons. The Morgan fingerprint density at radius 1 is 1.00 bits per heavy atom. The molecule has 0 radical (unpaired) electrons. The Kier molecular flexibility index (Phi) is 6.95. The maximum atomic E-state index is 12.8. The highest BCUT2D eigenvalue weighted by atomic mass is 16.5. The van der Waals surface area contributed by atoms with Crippen LogP contribution in [-0.2, 0) is 4.79 Å². The SMILES string of the molecule is Cc1cc(C)cc(OCC(=O)N2CCCC[C@H]2CCN2CCCCC2)c1. The lowest BCUT2D eigenvalue weighted by atomic mass is 9.98. The van der Waals surface area contributed by atoms with Gasteiger partial charge in [-0.2, -0.15) is 0 Å². The monoisotopic (exact) mass is 358 g/mol. The molecule has 2 fully saturated rings. The Morgan fingerprint density at radius 2 is 1.69 bits per heavy atom. The molecule has 2 saturated heterocycles. The summed E-state index contributed by atoms with van der Waals surface area (Å²) in [7, 11) is 0. The van der Waals surface area contributed by atoms with Crippen LogP contribution in [0.15, 0.2) is 18.2 Å². The van der Waals surface area contributed by atoms with Crippen LogP contribution in [-0.4, -0.2) is 54.5 Å². The molecule has 1 aromatic rings. The number of rotatable bonds is 6. The summed E-state index contributed by atoms with van der Waals surface area (Å²) < 4.78 is 5.82. The van der Waals surface area contributed by atoms with Gasteiger partial charge >= 0.3 is 0 Å². The van der Waals surface area contributed by atoms with E-state index in [2.05, 4.69) is 29.7 Å². The standard InChI is InChI=1S/C22H34N2O2/c1-18-14-19(2)16-21(15-18)26-17-22(25)24-12-7-4-8-20(24)9-13-23-10-5-3-6-11-23/h14-16,20H,3-13,17H2,1-2H3/t20-/m0/s1. The van der Waals surface area contributed by atoms with Gasteiger partial charge in [0.25, 0.3) is 5.91 Å². The Morgan fingerprint density at radius 3 is 2.42 bits per heavy atom. The molecule has 0 aromatic heterocycles. The molecule has 3 rings (SSSR count). The summed E-state index contributed by atoms with van der Waals surface area (Å²) >= 11 is 0. The van der Waals surface area contributed by atoms with E-state index in [-0.39, 0.29) is 12.5 Å². The quantitative estimate of drug-likeness (QED) is 0.772. The van der Waals surface area contributed by atoms with Crippen LogP contribution in [0.4, 0.5) is 0 Å². The van der Waals surface area contributed by atoms with Crippen molar-refractivity contribution in [3.8, 4) is 5.75 Å². The largest absolute Gasteiger partial charge is 0.484 e. The second kappa shape index (κ2) is 9.40. The molecule has 2 heterocycles. The van der Waals surface area contributed by atoms with Crippen LogP contribution in [0.3, 0.4) is 0 Å². The molecule has 0 aliphatic carbocycles. The Labute approximate surface area is 158 Å². The molecule has 26 heavy (non-hydrogen) atoms. The average molecular weight is 359 g/mol. The number of ether oxygens (including phenoxy) is 1. The minimum Gasteiger partial charge on any atom is -0.484 e. The topological polar surface area (TPSA) is 32.8 Å². The van der Waals surface area contributed by atoms with Gasteiger partial charge in [0.2, 0.25) is 0 Å². The first-order valence-corrected chi connectivity index (χ1v) is 10.3. The summed E-state index contributed by atoms with van der Waals surface area (Å²) in [6.07, 6.45) is 8.65. The van der Waals surface area contributed by atoms with Crippen LogP contribution >= 0.6 is 0 Å². The van der Waals surface area contributed by atoms with Crippen molar-refractivity contribution < 1.29 is 9.53 Å². The van der Waals surface area contributed by atoms with Gasteiger partial charge in [0.15, 0.2) is 6.61 Å². The summed E-state index contributed by atoms with van der Waals surface area (Å²) in [5, 5.41) is 0. The van der Waals surface area contributed by atoms with Crippen LogP contribution in [0.25, 0.3) is 0 Å². The molecular weight excluding hydrogens is 324 g/mol. The summed E-state index contributed by atoms with van der Waals surface area (Å²) in [4.78, 5) is 17.5. The molecule has 2 aliphatic rings. The maximum Gasteiger partial charge on any atom is 0.260 e. The first-order chi connectivity index (χ1) is 12.6. The van der Waals surface area contributed by atoms with Gasteiger partial charge < -0.3 is 14.5 Å². The lowest BCUT2D eigenvalue weighted by molar-refractivity contribution is -0.137. The molecule has 1 atom stereocenters. The van der Waals surface area contributed by atoms with E-state index in [9.17, 15) is 4.79 Å². The van der Waals surface area contributed by atoms with Crippen molar-refractivity contribution >= 4 is 5.91 Å². The average Bonchev–Trinajstić information content (AvgIpc) is 2.65. The van der Waals surface area contributed by atoms with E-state index in [1.807, 2.05) is 12.1 Å². The molecule has 0 N–H and O–H groups in total. The lowest BCUT2D eigenvalue weighted by Gasteiger charge is -2.37. The third-order valence-corrected chi connectivity index (χ3v) is 5.73. The number of piperidine rings is 2. The zero-order valence-electron chi connectivity index (χ0n) is 16.5. The highest BCUT2D eigenvalue weighted by Gasteiger charge is 2.27. The zero-order valence-corrected chi connectivity index (χ0v) is 16.5. The van der Waals surface area contributed by atoms with Crippen LogP contribution in [0.5, 0.6) is 5.75 Å². The highest BCUT2D eigenvalue weighted by Crippen LogP contribution is 2.22. The van der Waals surface area contributed by atoms with Crippen LogP contribution in [0, 0.1) is 13.8 Å². The van der Waals surface area contributed by atoms with E-state index in [1.165, 1.54) is 49.9 Å². The second-order valence-electron chi connectivity index (χ2n) is 8.04. The second-order valence-corrected chi connectivity index (χ2v) is 8.04. The Balaban J connectivity index is 1.51. The van der Waals surface area contributed by atoms with Gasteiger partial charge in [-0.15, -0.1) is 0 Å². The number of likely N-dealkylation sites (tertiary alicyclic amines) is 2. The molecule has 0 spiro atoms. The van der Waals surface area contributed by atoms with Crippen LogP contribution in [0.2, 0.25) is 0 Å². The van der Waals surface area contributed by atoms with E-state index in [0.717, 1.165) is 38.1 Å². The van der Waals surface area contributed by atoms with Gasteiger partial charge in [0.1, 0.15) is 5.75 Å². The van der Waals surface area contributed by atoms with Gasteiger partial charge in [0, 0.05) is 19.1 Å². The number of benzene rings is 1. The first kappa shape index (κ1) is 19.2. The van der Waals surface area contributed by atoms with Gasteiger partial charge in [-0.25, -0.2) is 0 Å². The minimum absolute atomic E-state index is 0.146. The molecule has 4 nitrogen and oxygen atoms in total. The van der Waals surface area contributed by atoms with Crippen molar-refractivity contribution in [1.82, 2.24) is 9.80 Å². The minimum atomic E-state index is 0.146. The van der Waals surface area contributed by atoms with Crippen molar-refractivity contribution in [2.75, 3.05) is 32.8 Å². The molecule has 1 aromatic carbocycles. The third-order valence-electron chi connectivity index (χ3n) is 5.73. The van der Waals surface area contributed by atoms with Gasteiger partial charge in [-0.05, 0) is 88.7 Å². The number of hydrogen-bond donors (Lipinski definition) is 0. The van der Waals surface area contributed by atoms with E-state index in [0.29, 0.717) is 6.04 Å². The van der Waals surface area contributed by atoms with E-state index >= 15 is 0 Å². The van der Waals surface area contributed by atoms with Crippen molar-refractivity contribution in [2.45, 2.75) is 64.8 Å². The summed E-state index contributed by atoms with van der Waals surface area (Å²) in [6, 6.07) is 6.52. The fourth-order valence-corrected chi connectivity index (χ4v) is 4.39. The van der Waals surface area contributed by atoms with Gasteiger partial charge in [0.05, 0.1) is 0 Å². The van der Waals surface area contributed by atoms with Crippen molar-refractivity contribution in [2.24, 2.45) is 0 Å². The maximum absolute atomic E-state index is 12.8. The molecule has 0 bridgehead atoms. The lowest BCUT2D eigenvalue weighted by Crippen LogP contribution is -2.47. The van der Waals surface area contributed by atoms with Crippen LogP contribution < -0.4 is 4.74 Å². The zero-order chi connectivity index (χ0) is 18.4. The molecule has 2 aliphatic heterocycles. The number of nitrogens with zero attached hydrogens (tertiary/aromatic N) is 2. The third kappa shape index (κ3) is 5.47. The Bertz CT molecular complexity index is 576. The number of carbonyl (C=O) groups excluding carboxylic acids is 1. The summed E-state index contributed by atoms with van der Waals surface area (Å²) in [5.41, 5.74) is 2.34. The van der Waals surface area contributed by atoms with Gasteiger partial charge in [-0.3, -0.25) is 4.79 Å². The van der Waals surface area contributed by atoms with Crippen LogP contribution in [0.1, 0.15) is 56.1 Å². The molecular formula is C22H34N2O2. The molecule has 0 unspecified atom stereocenters. The van der Waals surface area contributed by atoms with E-state index in [1.54, 1.807) is 0 Å². The first-order valence-electron chi connectivity index (χ1n) is 10.3. The normalized spacial score (nSPS) is 21.6. The molecule has 0 saturated carbocycles. The van der Waals surface area contributed by atoms with Crippen molar-refractivity contribution in [3.05, 3.63) is 29.3 Å². The predicted molar refractivity (Wildman–Crippen MR) is 106 cm³/mol. The van der Waals surface area contributed by atoms with Crippen molar-refractivity contribution in [1.29, 1.82) is 0 Å². The highest BCUT2D eigenvalue weighted by molar-refractivity contribution is 5.78. The predicted octanol–water partition coefficient (Wildman–Crippen LogP) is 3.94. The fraction of sp³-hybridized carbons (Fsp3) is 0.682. The number of aryl methyl sites for hydroxylation is 2. The summed E-state index contributed by atoms with van der Waals surface area (Å²) in [5.74, 6) is 0.949. The number of hydrogen-bond acceptors (Lipinski definition) is 3. The molecule has 4 heteroatoms. The smallest absolute Gasteiger partial charge is 0.260 e. The Hall–Kier alpha value is -1.55.